The first-order valence-corrected chi connectivity index (χ1v) is 19.3. The molecule has 1 aliphatic rings. The Bertz CT molecular complexity index is 1290. The van der Waals surface area contributed by atoms with Crippen LogP contribution in [0.25, 0.3) is 0 Å². The van der Waals surface area contributed by atoms with E-state index in [9.17, 15) is 0 Å². The van der Waals surface area contributed by atoms with Gasteiger partial charge in [-0.2, -0.15) is 0 Å². The highest BCUT2D eigenvalue weighted by Crippen LogP contribution is 2.34. The first-order valence-electron chi connectivity index (χ1n) is 19.3. The van der Waals surface area contributed by atoms with Gasteiger partial charge < -0.3 is 10.6 Å². The molecule has 0 amide bonds. The van der Waals surface area contributed by atoms with Crippen LogP contribution in [0.5, 0.6) is 0 Å². The van der Waals surface area contributed by atoms with E-state index in [2.05, 4.69) is 146 Å². The summed E-state index contributed by atoms with van der Waals surface area (Å²) in [7, 11) is 0. The van der Waals surface area contributed by atoms with Gasteiger partial charge in [0.05, 0.1) is 0 Å². The van der Waals surface area contributed by atoms with Gasteiger partial charge >= 0.3 is 0 Å². The number of rotatable bonds is 14. The van der Waals surface area contributed by atoms with Gasteiger partial charge in [-0.25, -0.2) is 0 Å². The summed E-state index contributed by atoms with van der Waals surface area (Å²) in [4.78, 5) is 0. The van der Waals surface area contributed by atoms with Crippen LogP contribution in [0.15, 0.2) is 133 Å². The molecule has 2 N–H and O–H groups in total. The van der Waals surface area contributed by atoms with Crippen LogP contribution in [-0.2, 0) is 19.4 Å². The second-order valence-electron chi connectivity index (χ2n) is 12.0. The fraction of sp³-hybridized carbons (Fsp3) is 0.458. The molecule has 0 heterocycles. The van der Waals surface area contributed by atoms with Crippen molar-refractivity contribution in [3.05, 3.63) is 155 Å². The number of nitrogens with one attached hydrogen (secondary N) is 2. The molecule has 2 nitrogen and oxygen atoms in total. The first kappa shape index (κ1) is 50.6. The zero-order valence-corrected chi connectivity index (χ0v) is 35.0. The number of hydrogen-bond acceptors (Lipinski definition) is 2. The van der Waals surface area contributed by atoms with Crippen molar-refractivity contribution in [1.82, 2.24) is 10.6 Å². The van der Waals surface area contributed by atoms with E-state index in [0.717, 1.165) is 60.0 Å². The van der Waals surface area contributed by atoms with Gasteiger partial charge in [-0.15, -0.1) is 0 Å². The molecule has 1 saturated carbocycles. The molecule has 3 rings (SSSR count). The minimum atomic E-state index is 0.783. The van der Waals surface area contributed by atoms with Crippen molar-refractivity contribution in [2.75, 3.05) is 0 Å². The van der Waals surface area contributed by atoms with Crippen LogP contribution in [-0.4, -0.2) is 0 Å². The molecular formula is C48H78N2. The number of benzene rings is 2. The third-order valence-corrected chi connectivity index (χ3v) is 8.00. The standard InChI is InChI=1S/C25H34N2.C9H12.C6H10.C4H10.2C2H6/c1-8-19(4)22(7)27-25(10-3)20(5)14-13-15-21(6)26-18-24-17-12-11-16-23(24)9-2;1-3-9-7-5-4-6-8(9)2;1-5(2)6-3-4-6;1-3-4-2;2*1-2/h8,10-14,16-17,26-27H,3,6-7,9,15,18H2,1-2,4-5H3;4-7H,3H2,1-2H3;6H,1,3-4H2,2H3;3-4H2,1-2H3;2*1-2H3/b14-13-,19-8+,25-20+;;;;;. The zero-order valence-electron chi connectivity index (χ0n) is 35.0. The van der Waals surface area contributed by atoms with Crippen LogP contribution < -0.4 is 10.6 Å². The molecule has 2 aromatic rings. The van der Waals surface area contributed by atoms with Gasteiger partial charge in [0.2, 0.25) is 0 Å². The molecule has 0 unspecified atom stereocenters. The molecule has 0 aromatic heterocycles. The second-order valence-corrected chi connectivity index (χ2v) is 12.0. The highest BCUT2D eigenvalue weighted by Gasteiger charge is 2.20. The smallest absolute Gasteiger partial charge is 0.0407 e. The lowest BCUT2D eigenvalue weighted by atomic mass is 10.1. The summed E-state index contributed by atoms with van der Waals surface area (Å²) >= 11 is 0. The first-order chi connectivity index (χ1) is 24.0. The average molecular weight is 683 g/mol. The number of hydrogen-bond donors (Lipinski definition) is 2. The van der Waals surface area contributed by atoms with Gasteiger partial charge in [0.15, 0.2) is 0 Å². The van der Waals surface area contributed by atoms with E-state index in [1.165, 1.54) is 53.5 Å². The van der Waals surface area contributed by atoms with E-state index in [-0.39, 0.29) is 0 Å². The minimum absolute atomic E-state index is 0.783. The van der Waals surface area contributed by atoms with Crippen LogP contribution in [0.2, 0.25) is 0 Å². The Balaban J connectivity index is -0.000000769. The summed E-state index contributed by atoms with van der Waals surface area (Å²) < 4.78 is 0. The molecular weight excluding hydrogens is 605 g/mol. The maximum absolute atomic E-state index is 4.13. The third-order valence-electron chi connectivity index (χ3n) is 8.00. The maximum atomic E-state index is 4.13. The molecule has 1 fully saturated rings. The number of unbranched alkanes of at least 4 members (excludes halogenated alkanes) is 1. The minimum Gasteiger partial charge on any atom is -0.384 e. The second kappa shape index (κ2) is 33.7. The van der Waals surface area contributed by atoms with Crippen molar-refractivity contribution in [2.45, 2.75) is 141 Å². The summed E-state index contributed by atoms with van der Waals surface area (Å²) in [5.41, 5.74) is 12.0. The van der Waals surface area contributed by atoms with E-state index >= 15 is 0 Å². The highest BCUT2D eigenvalue weighted by atomic mass is 14.9. The van der Waals surface area contributed by atoms with Crippen LogP contribution in [0, 0.1) is 12.8 Å². The molecule has 0 spiro atoms. The van der Waals surface area contributed by atoms with Crippen LogP contribution >= 0.6 is 0 Å². The summed E-state index contributed by atoms with van der Waals surface area (Å²) in [5.74, 6) is 0.907. The van der Waals surface area contributed by atoms with Crippen molar-refractivity contribution >= 4 is 0 Å². The molecule has 0 aliphatic heterocycles. The Morgan fingerprint density at radius 2 is 1.28 bits per heavy atom. The molecule has 0 bridgehead atoms. The quantitative estimate of drug-likeness (QED) is 0.153. The summed E-state index contributed by atoms with van der Waals surface area (Å²) in [6.07, 6.45) is 16.5. The monoisotopic (exact) mass is 683 g/mol. The Hall–Kier alpha value is -3.78. The van der Waals surface area contributed by atoms with Gasteiger partial charge in [0.25, 0.3) is 0 Å². The Morgan fingerprint density at radius 3 is 1.66 bits per heavy atom. The molecule has 2 aromatic carbocycles. The van der Waals surface area contributed by atoms with Gasteiger partial charge in [0, 0.05) is 30.1 Å². The van der Waals surface area contributed by atoms with E-state index in [1.807, 2.05) is 53.7 Å². The predicted molar refractivity (Wildman–Crippen MR) is 232 cm³/mol. The van der Waals surface area contributed by atoms with Crippen molar-refractivity contribution in [3.8, 4) is 0 Å². The molecule has 2 heteroatoms. The SMILES string of the molecule is C=C(C)C1CC1.C=C/C(NC(=C)/C(C)=C/C)=C(C)\C=C/CC(=C)NCc1ccccc1CC.CC.CC.CCCC.CCc1ccccc1C. The van der Waals surface area contributed by atoms with Crippen molar-refractivity contribution in [3.63, 3.8) is 0 Å². The summed E-state index contributed by atoms with van der Waals surface area (Å²) in [5, 5.41) is 6.75. The van der Waals surface area contributed by atoms with E-state index < -0.39 is 0 Å². The Labute approximate surface area is 312 Å². The lowest BCUT2D eigenvalue weighted by Gasteiger charge is -2.13. The fourth-order valence-electron chi connectivity index (χ4n) is 4.16. The average Bonchev–Trinajstić information content (AvgIpc) is 4.01. The predicted octanol–water partition coefficient (Wildman–Crippen LogP) is 14.7. The normalized spacial score (nSPS) is 11.8. The maximum Gasteiger partial charge on any atom is 0.0407 e. The van der Waals surface area contributed by atoms with E-state index in [4.69, 9.17) is 0 Å². The molecule has 0 saturated heterocycles. The van der Waals surface area contributed by atoms with E-state index in [0.29, 0.717) is 0 Å². The van der Waals surface area contributed by atoms with E-state index in [1.54, 1.807) is 0 Å². The van der Waals surface area contributed by atoms with Crippen molar-refractivity contribution < 1.29 is 0 Å². The fourth-order valence-corrected chi connectivity index (χ4v) is 4.16. The largest absolute Gasteiger partial charge is 0.384 e. The van der Waals surface area contributed by atoms with Gasteiger partial charge in [-0.05, 0) is 106 Å². The zero-order chi connectivity index (χ0) is 38.9. The van der Waals surface area contributed by atoms with Crippen LogP contribution in [0.1, 0.15) is 137 Å². The molecule has 1 aliphatic carbocycles. The van der Waals surface area contributed by atoms with Gasteiger partial charge in [0.1, 0.15) is 0 Å². The summed E-state index contributed by atoms with van der Waals surface area (Å²) in [6, 6.07) is 17.0. The third kappa shape index (κ3) is 25.2. The summed E-state index contributed by atoms with van der Waals surface area (Å²) in [6.45, 7) is 43.8. The van der Waals surface area contributed by atoms with Gasteiger partial charge in [-0.1, -0.05) is 167 Å². The Morgan fingerprint density at radius 1 is 0.780 bits per heavy atom. The highest BCUT2D eigenvalue weighted by molar-refractivity contribution is 5.36. The van der Waals surface area contributed by atoms with Crippen LogP contribution in [0.3, 0.4) is 0 Å². The lowest BCUT2D eigenvalue weighted by Crippen LogP contribution is -2.13. The van der Waals surface area contributed by atoms with Crippen LogP contribution in [0.4, 0.5) is 0 Å². The van der Waals surface area contributed by atoms with Crippen molar-refractivity contribution in [1.29, 1.82) is 0 Å². The van der Waals surface area contributed by atoms with Crippen molar-refractivity contribution in [2.24, 2.45) is 5.92 Å². The number of aryl methyl sites for hydroxylation is 3. The Kier molecular flexibility index (Phi) is 34.1. The molecule has 0 radical (unpaired) electrons. The van der Waals surface area contributed by atoms with Gasteiger partial charge in [-0.3, -0.25) is 0 Å². The topological polar surface area (TPSA) is 24.1 Å². The molecule has 50 heavy (non-hydrogen) atoms. The molecule has 280 valence electrons. The number of allylic oxidation sites excluding steroid dienone is 7. The molecule has 0 atom stereocenters. The lowest BCUT2D eigenvalue weighted by molar-refractivity contribution is 0.784.